The second kappa shape index (κ2) is 7.69. The first-order valence-corrected chi connectivity index (χ1v) is 11.4. The Balaban J connectivity index is 1.66. The van der Waals surface area contributed by atoms with Gasteiger partial charge in [-0.1, -0.05) is 42.1 Å². The monoisotopic (exact) mass is 420 g/mol. The topological polar surface area (TPSA) is 44.1 Å². The third-order valence-corrected chi connectivity index (χ3v) is 7.50. The molecule has 0 amide bonds. The second-order valence-electron chi connectivity index (χ2n) is 7.04. The lowest BCUT2D eigenvalue weighted by molar-refractivity contribution is 0.414. The second-order valence-corrected chi connectivity index (χ2v) is 9.07. The lowest BCUT2D eigenvalue weighted by Crippen LogP contribution is -2.07. The maximum absolute atomic E-state index is 13.1. The number of thioether (sulfide) groups is 1. The van der Waals surface area contributed by atoms with Crippen LogP contribution >= 0.6 is 23.1 Å². The van der Waals surface area contributed by atoms with E-state index in [2.05, 4.69) is 16.7 Å². The van der Waals surface area contributed by atoms with E-state index in [1.807, 2.05) is 42.5 Å². The molecule has 0 spiro atoms. The summed E-state index contributed by atoms with van der Waals surface area (Å²) >= 11 is 3.39. The Bertz CT molecular complexity index is 1230. The number of hydrogen-bond donors (Lipinski definition) is 0. The van der Waals surface area contributed by atoms with Crippen LogP contribution in [-0.4, -0.2) is 16.7 Å². The van der Waals surface area contributed by atoms with Crippen molar-refractivity contribution in [1.29, 1.82) is 0 Å². The predicted molar refractivity (Wildman–Crippen MR) is 120 cm³/mol. The van der Waals surface area contributed by atoms with Crippen LogP contribution < -0.4 is 10.2 Å². The average molecular weight is 421 g/mol. The van der Waals surface area contributed by atoms with Crippen molar-refractivity contribution in [1.82, 2.24) is 9.55 Å². The Hall–Kier alpha value is -2.57. The molecule has 1 aliphatic rings. The Morgan fingerprint density at radius 1 is 1.10 bits per heavy atom. The molecule has 2 heterocycles. The van der Waals surface area contributed by atoms with E-state index < -0.39 is 0 Å². The third-order valence-electron chi connectivity index (χ3n) is 5.22. The molecule has 4 nitrogen and oxygen atoms in total. The van der Waals surface area contributed by atoms with Gasteiger partial charge in [0.1, 0.15) is 16.1 Å². The quantitative estimate of drug-likeness (QED) is 0.414. The third kappa shape index (κ3) is 3.36. The maximum Gasteiger partial charge on any atom is 0.211 e. The van der Waals surface area contributed by atoms with Crippen molar-refractivity contribution in [3.8, 4) is 11.4 Å². The summed E-state index contributed by atoms with van der Waals surface area (Å²) in [6, 6.07) is 18.3. The van der Waals surface area contributed by atoms with E-state index in [1.165, 1.54) is 10.4 Å². The first kappa shape index (κ1) is 18.5. The van der Waals surface area contributed by atoms with Gasteiger partial charge in [0.2, 0.25) is 5.43 Å². The Labute approximate surface area is 177 Å². The van der Waals surface area contributed by atoms with Gasteiger partial charge in [-0.25, -0.2) is 4.98 Å². The van der Waals surface area contributed by atoms with Crippen LogP contribution in [0, 0.1) is 0 Å². The number of hydrogen-bond acceptors (Lipinski definition) is 5. The fraction of sp³-hybridized carbons (Fsp3) is 0.217. The van der Waals surface area contributed by atoms with E-state index in [0.29, 0.717) is 5.52 Å². The van der Waals surface area contributed by atoms with Crippen molar-refractivity contribution in [3.05, 3.63) is 80.8 Å². The van der Waals surface area contributed by atoms with E-state index >= 15 is 0 Å². The fourth-order valence-corrected chi connectivity index (χ4v) is 6.08. The first-order chi connectivity index (χ1) is 14.2. The van der Waals surface area contributed by atoms with Gasteiger partial charge in [-0.05, 0) is 49.1 Å². The SMILES string of the molecule is COc1ccc(-n2c(SCc3ccccc3)nc3c(=O)c4c(sc32)CCC4)cc1. The van der Waals surface area contributed by atoms with Crippen LogP contribution in [0.25, 0.3) is 16.0 Å². The minimum Gasteiger partial charge on any atom is -0.497 e. The van der Waals surface area contributed by atoms with E-state index in [1.54, 1.807) is 30.2 Å². The van der Waals surface area contributed by atoms with Crippen LogP contribution in [0.1, 0.15) is 22.4 Å². The summed E-state index contributed by atoms with van der Waals surface area (Å²) in [5.41, 5.74) is 3.92. The van der Waals surface area contributed by atoms with Crippen LogP contribution in [0.3, 0.4) is 0 Å². The van der Waals surface area contributed by atoms with Crippen LogP contribution in [0.2, 0.25) is 0 Å². The number of imidazole rings is 1. The van der Waals surface area contributed by atoms with Gasteiger partial charge in [-0.2, -0.15) is 0 Å². The summed E-state index contributed by atoms with van der Waals surface area (Å²) in [7, 11) is 1.66. The Morgan fingerprint density at radius 3 is 2.66 bits per heavy atom. The number of methoxy groups -OCH3 is 1. The molecule has 0 saturated heterocycles. The van der Waals surface area contributed by atoms with Gasteiger partial charge in [0.05, 0.1) is 7.11 Å². The molecule has 5 rings (SSSR count). The number of fused-ring (bicyclic) bond motifs is 2. The van der Waals surface area contributed by atoms with E-state index in [-0.39, 0.29) is 5.43 Å². The molecule has 2 aromatic carbocycles. The molecule has 2 aromatic heterocycles. The highest BCUT2D eigenvalue weighted by atomic mass is 32.2. The molecule has 6 heteroatoms. The largest absolute Gasteiger partial charge is 0.497 e. The van der Waals surface area contributed by atoms with Gasteiger partial charge in [-0.15, -0.1) is 11.3 Å². The summed E-state index contributed by atoms with van der Waals surface area (Å²) in [6.07, 6.45) is 2.93. The van der Waals surface area contributed by atoms with Gasteiger partial charge in [-0.3, -0.25) is 9.36 Å². The number of ether oxygens (including phenoxy) is 1. The molecular formula is C23H20N2O2S2. The van der Waals surface area contributed by atoms with E-state index in [9.17, 15) is 4.79 Å². The maximum atomic E-state index is 13.1. The van der Waals surface area contributed by atoms with E-state index in [0.717, 1.165) is 52.0 Å². The fourth-order valence-electron chi connectivity index (χ4n) is 3.73. The highest BCUT2D eigenvalue weighted by molar-refractivity contribution is 7.98. The zero-order valence-corrected chi connectivity index (χ0v) is 17.7. The predicted octanol–water partition coefficient (Wildman–Crippen LogP) is 5.24. The Morgan fingerprint density at radius 2 is 1.90 bits per heavy atom. The molecular weight excluding hydrogens is 400 g/mol. The molecule has 0 bridgehead atoms. The highest BCUT2D eigenvalue weighted by Gasteiger charge is 2.23. The zero-order chi connectivity index (χ0) is 19.8. The van der Waals surface area contributed by atoms with Crippen LogP contribution in [-0.2, 0) is 18.6 Å². The standard InChI is InChI=1S/C23H20N2O2S2/c1-27-17-12-10-16(11-13-17)25-22-20(21(26)18-8-5-9-19(18)29-22)24-23(25)28-14-15-6-3-2-4-7-15/h2-4,6-7,10-13H,5,8-9,14H2,1H3. The summed E-state index contributed by atoms with van der Waals surface area (Å²) < 4.78 is 7.44. The molecule has 146 valence electrons. The zero-order valence-electron chi connectivity index (χ0n) is 16.1. The van der Waals surface area contributed by atoms with Crippen molar-refractivity contribution in [2.45, 2.75) is 30.2 Å². The Kier molecular flexibility index (Phi) is 4.89. The minimum absolute atomic E-state index is 0.111. The van der Waals surface area contributed by atoms with Crippen molar-refractivity contribution in [3.63, 3.8) is 0 Å². The number of nitrogens with zero attached hydrogens (tertiary/aromatic N) is 2. The average Bonchev–Trinajstić information content (AvgIpc) is 3.38. The molecule has 0 N–H and O–H groups in total. The van der Waals surface area contributed by atoms with Crippen molar-refractivity contribution >= 4 is 33.4 Å². The first-order valence-electron chi connectivity index (χ1n) is 9.63. The highest BCUT2D eigenvalue weighted by Crippen LogP contribution is 2.35. The molecule has 0 unspecified atom stereocenters. The van der Waals surface area contributed by atoms with Gasteiger partial charge in [0, 0.05) is 21.9 Å². The number of rotatable bonds is 5. The van der Waals surface area contributed by atoms with Gasteiger partial charge in [0.15, 0.2) is 5.16 Å². The molecule has 1 aliphatic carbocycles. The van der Waals surface area contributed by atoms with Gasteiger partial charge in [0.25, 0.3) is 0 Å². The molecule has 0 radical (unpaired) electrons. The van der Waals surface area contributed by atoms with Crippen LogP contribution in [0.15, 0.2) is 64.5 Å². The lowest BCUT2D eigenvalue weighted by Gasteiger charge is -2.10. The van der Waals surface area contributed by atoms with Crippen molar-refractivity contribution in [2.75, 3.05) is 7.11 Å². The van der Waals surface area contributed by atoms with Gasteiger partial charge < -0.3 is 4.74 Å². The molecule has 29 heavy (non-hydrogen) atoms. The molecule has 0 saturated carbocycles. The lowest BCUT2D eigenvalue weighted by atomic mass is 10.2. The normalized spacial score (nSPS) is 13.0. The number of aromatic nitrogens is 2. The van der Waals surface area contributed by atoms with Crippen molar-refractivity contribution < 1.29 is 4.74 Å². The molecule has 4 aromatic rings. The van der Waals surface area contributed by atoms with E-state index in [4.69, 9.17) is 9.72 Å². The summed E-state index contributed by atoms with van der Waals surface area (Å²) in [4.78, 5) is 20.1. The summed E-state index contributed by atoms with van der Waals surface area (Å²) in [6.45, 7) is 0. The molecule has 0 atom stereocenters. The minimum atomic E-state index is 0.111. The van der Waals surface area contributed by atoms with Crippen LogP contribution in [0.5, 0.6) is 5.75 Å². The van der Waals surface area contributed by atoms with Crippen LogP contribution in [0.4, 0.5) is 0 Å². The number of benzene rings is 2. The number of aryl methyl sites for hydroxylation is 1. The van der Waals surface area contributed by atoms with Gasteiger partial charge >= 0.3 is 0 Å². The van der Waals surface area contributed by atoms with Crippen molar-refractivity contribution in [2.24, 2.45) is 0 Å². The summed E-state index contributed by atoms with van der Waals surface area (Å²) in [5, 5.41) is 0.853. The molecule has 0 fully saturated rings. The smallest absolute Gasteiger partial charge is 0.211 e. The molecule has 0 aliphatic heterocycles. The summed E-state index contributed by atoms with van der Waals surface area (Å²) in [5.74, 6) is 1.62.